The third-order valence-electron chi connectivity index (χ3n) is 1.93. The van der Waals surface area contributed by atoms with Gasteiger partial charge in [0, 0.05) is 18.8 Å². The number of hydrogen-bond acceptors (Lipinski definition) is 6. The molecule has 2 heterocycles. The van der Waals surface area contributed by atoms with Crippen LogP contribution in [-0.4, -0.2) is 23.4 Å². The van der Waals surface area contributed by atoms with Crippen molar-refractivity contribution < 1.29 is 9.53 Å². The predicted molar refractivity (Wildman–Crippen MR) is 82.9 cm³/mol. The minimum atomic E-state index is 0. The van der Waals surface area contributed by atoms with E-state index in [-0.39, 0.29) is 12.6 Å². The molecule has 0 radical (unpaired) electrons. The topological polar surface area (TPSA) is 78.1 Å². The monoisotopic (exact) mass is 335 g/mol. The van der Waals surface area contributed by atoms with Crippen molar-refractivity contribution in [1.29, 1.82) is 0 Å². The molecule has 0 unspecified atom stereocenters. The number of ether oxygens (including phenoxy) is 1. The van der Waals surface area contributed by atoms with Crippen LogP contribution in [0.4, 0.5) is 0 Å². The second-order valence-electron chi connectivity index (χ2n) is 3.15. The van der Waals surface area contributed by atoms with Crippen LogP contribution in [0.5, 0.6) is 5.88 Å². The van der Waals surface area contributed by atoms with Crippen molar-refractivity contribution in [1.82, 2.24) is 9.97 Å². The van der Waals surface area contributed by atoms with Crippen LogP contribution in [0.25, 0.3) is 0 Å². The van der Waals surface area contributed by atoms with E-state index in [1.807, 2.05) is 6.07 Å². The van der Waals surface area contributed by atoms with Gasteiger partial charge in [-0.15, -0.1) is 0 Å². The number of nitrogens with zero attached hydrogens (tertiary/aromatic N) is 2. The number of thiazole rings is 1. The molecule has 0 bridgehead atoms. The first kappa shape index (κ1) is 18.8. The number of aldehydes is 1. The summed E-state index contributed by atoms with van der Waals surface area (Å²) in [4.78, 5) is 18.0. The average molecular weight is 336 g/mol. The zero-order valence-corrected chi connectivity index (χ0v) is 12.3. The van der Waals surface area contributed by atoms with Gasteiger partial charge in [0.05, 0.1) is 7.11 Å². The number of carbonyl (C=O) groups excluding carboxylic acids is 1. The first-order chi connectivity index (χ1) is 9.10. The lowest BCUT2D eigenvalue weighted by Crippen LogP contribution is -1.97. The highest BCUT2D eigenvalue weighted by molar-refractivity contribution is 7.17. The van der Waals surface area contributed by atoms with Crippen molar-refractivity contribution in [3.8, 4) is 5.88 Å². The van der Waals surface area contributed by atoms with Gasteiger partial charge in [-0.25, -0.2) is 9.97 Å². The highest BCUT2D eigenvalue weighted by Crippen LogP contribution is 2.24. The SMILES string of the molecule is C.COc1ccc(CN)cn1.O=Cc1sc(Cl)nc1Cl. The van der Waals surface area contributed by atoms with Gasteiger partial charge in [-0.3, -0.25) is 4.79 Å². The van der Waals surface area contributed by atoms with Crippen molar-refractivity contribution in [2.75, 3.05) is 7.11 Å². The van der Waals surface area contributed by atoms with Gasteiger partial charge in [-0.2, -0.15) is 0 Å². The summed E-state index contributed by atoms with van der Waals surface area (Å²) in [6.45, 7) is 0.525. The molecular weight excluding hydrogens is 321 g/mol. The van der Waals surface area contributed by atoms with E-state index in [9.17, 15) is 4.79 Å². The summed E-state index contributed by atoms with van der Waals surface area (Å²) < 4.78 is 5.16. The molecule has 0 spiro atoms. The molecule has 0 saturated carbocycles. The molecule has 2 aromatic heterocycles. The summed E-state index contributed by atoms with van der Waals surface area (Å²) in [6, 6.07) is 3.69. The molecule has 0 aromatic carbocycles. The van der Waals surface area contributed by atoms with Crippen LogP contribution in [0.2, 0.25) is 9.62 Å². The second kappa shape index (κ2) is 9.66. The number of pyridine rings is 1. The lowest BCUT2D eigenvalue weighted by Gasteiger charge is -1.98. The Morgan fingerprint density at radius 1 is 1.45 bits per heavy atom. The van der Waals surface area contributed by atoms with Crippen molar-refractivity contribution >= 4 is 40.8 Å². The van der Waals surface area contributed by atoms with Crippen LogP contribution >= 0.6 is 34.5 Å². The van der Waals surface area contributed by atoms with E-state index in [1.54, 1.807) is 19.4 Å². The second-order valence-corrected chi connectivity index (χ2v) is 5.12. The number of aromatic nitrogens is 2. The van der Waals surface area contributed by atoms with Gasteiger partial charge in [0.15, 0.2) is 15.9 Å². The number of hydrogen-bond donors (Lipinski definition) is 1. The van der Waals surface area contributed by atoms with E-state index < -0.39 is 0 Å². The first-order valence-electron chi connectivity index (χ1n) is 5.06. The van der Waals surface area contributed by atoms with E-state index in [1.165, 1.54) is 0 Å². The maximum Gasteiger partial charge on any atom is 0.212 e. The van der Waals surface area contributed by atoms with Crippen LogP contribution in [-0.2, 0) is 6.54 Å². The first-order valence-corrected chi connectivity index (χ1v) is 6.64. The molecule has 0 saturated heterocycles. The Kier molecular flexibility index (Phi) is 9.07. The molecule has 0 aliphatic heterocycles. The van der Waals surface area contributed by atoms with Gasteiger partial charge in [0.1, 0.15) is 4.88 Å². The molecule has 2 N–H and O–H groups in total. The molecule has 2 rings (SSSR count). The van der Waals surface area contributed by atoms with Crippen molar-refractivity contribution in [3.05, 3.63) is 38.4 Å². The van der Waals surface area contributed by atoms with Crippen molar-refractivity contribution in [2.45, 2.75) is 14.0 Å². The smallest absolute Gasteiger partial charge is 0.212 e. The molecular formula is C12H15Cl2N3O2S. The Bertz CT molecular complexity index is 509. The fourth-order valence-electron chi connectivity index (χ4n) is 1.01. The number of halogens is 2. The van der Waals surface area contributed by atoms with Crippen LogP contribution in [0.1, 0.15) is 22.7 Å². The molecule has 0 aliphatic carbocycles. The Morgan fingerprint density at radius 3 is 2.45 bits per heavy atom. The summed E-state index contributed by atoms with van der Waals surface area (Å²) in [7, 11) is 1.59. The predicted octanol–water partition coefficient (Wildman–Crippen LogP) is 3.45. The lowest BCUT2D eigenvalue weighted by molar-refractivity contribution is 0.112. The molecule has 2 aromatic rings. The van der Waals surface area contributed by atoms with Crippen molar-refractivity contribution in [3.63, 3.8) is 0 Å². The zero-order chi connectivity index (χ0) is 14.3. The van der Waals surface area contributed by atoms with Gasteiger partial charge >= 0.3 is 0 Å². The summed E-state index contributed by atoms with van der Waals surface area (Å²) >= 11 is 11.9. The van der Waals surface area contributed by atoms with Crippen molar-refractivity contribution in [2.24, 2.45) is 5.73 Å². The lowest BCUT2D eigenvalue weighted by atomic mass is 10.3. The van der Waals surface area contributed by atoms with E-state index in [4.69, 9.17) is 33.7 Å². The Morgan fingerprint density at radius 2 is 2.15 bits per heavy atom. The Balaban J connectivity index is 0.000000345. The minimum Gasteiger partial charge on any atom is -0.481 e. The number of methoxy groups -OCH3 is 1. The molecule has 0 fully saturated rings. The molecule has 0 aliphatic rings. The Hall–Kier alpha value is -1.21. The molecule has 8 heteroatoms. The molecule has 5 nitrogen and oxygen atoms in total. The maximum atomic E-state index is 10.1. The normalized spacial score (nSPS) is 9.00. The van der Waals surface area contributed by atoms with E-state index in [2.05, 4.69) is 9.97 Å². The highest BCUT2D eigenvalue weighted by Gasteiger charge is 2.04. The number of rotatable bonds is 3. The maximum absolute atomic E-state index is 10.1. The van der Waals surface area contributed by atoms with Crippen LogP contribution < -0.4 is 10.5 Å². The summed E-state index contributed by atoms with van der Waals surface area (Å²) in [5, 5.41) is 0.181. The van der Waals surface area contributed by atoms with Crippen LogP contribution in [0.15, 0.2) is 18.3 Å². The average Bonchev–Trinajstić information content (AvgIpc) is 2.77. The van der Waals surface area contributed by atoms with Gasteiger partial charge in [-0.05, 0) is 5.56 Å². The standard InChI is InChI=1S/C7H10N2O.C4HCl2NOS.CH4/c1-10-7-3-2-6(4-8)5-9-7;5-3-2(1-8)9-4(6)7-3;/h2-3,5H,4,8H2,1H3;1H;1H4. The quantitative estimate of drug-likeness (QED) is 0.869. The molecule has 0 atom stereocenters. The van der Waals surface area contributed by atoms with E-state index in [0.29, 0.717) is 28.1 Å². The Labute approximate surface area is 131 Å². The van der Waals surface area contributed by atoms with E-state index in [0.717, 1.165) is 16.9 Å². The van der Waals surface area contributed by atoms with E-state index >= 15 is 0 Å². The third kappa shape index (κ3) is 5.83. The molecule has 110 valence electrons. The molecule has 0 amide bonds. The minimum absolute atomic E-state index is 0. The van der Waals surface area contributed by atoms with Gasteiger partial charge in [0.25, 0.3) is 0 Å². The zero-order valence-electron chi connectivity index (χ0n) is 9.97. The third-order valence-corrected chi connectivity index (χ3v) is 3.42. The fourth-order valence-corrected chi connectivity index (χ4v) is 2.18. The number of nitrogens with two attached hydrogens (primary N) is 1. The highest BCUT2D eigenvalue weighted by atomic mass is 35.5. The van der Waals surface area contributed by atoms with Gasteiger partial charge < -0.3 is 10.5 Å². The summed E-state index contributed by atoms with van der Waals surface area (Å²) in [5.74, 6) is 0.622. The molecule has 20 heavy (non-hydrogen) atoms. The number of carbonyl (C=O) groups is 1. The fraction of sp³-hybridized carbons (Fsp3) is 0.250. The summed E-state index contributed by atoms with van der Waals surface area (Å²) in [5.41, 5.74) is 6.38. The van der Waals surface area contributed by atoms with Gasteiger partial charge in [-0.1, -0.05) is 48.0 Å². The van der Waals surface area contributed by atoms with Gasteiger partial charge in [0.2, 0.25) is 5.88 Å². The van der Waals surface area contributed by atoms with Crippen LogP contribution in [0.3, 0.4) is 0 Å². The summed E-state index contributed by atoms with van der Waals surface area (Å²) in [6.07, 6.45) is 2.34. The largest absolute Gasteiger partial charge is 0.481 e. The van der Waals surface area contributed by atoms with Crippen LogP contribution in [0, 0.1) is 0 Å².